The number of benzene rings is 2. The van der Waals surface area contributed by atoms with Crippen LogP contribution in [0.2, 0.25) is 0 Å². The fourth-order valence-corrected chi connectivity index (χ4v) is 4.24. The number of aryl methyl sites for hydroxylation is 2. The molecule has 2 heterocycles. The van der Waals surface area contributed by atoms with E-state index in [1.807, 2.05) is 38.1 Å². The Bertz CT molecular complexity index is 1230. The van der Waals surface area contributed by atoms with Crippen molar-refractivity contribution in [2.45, 2.75) is 31.3 Å². The Hall–Kier alpha value is -3.00. The lowest BCUT2D eigenvalue weighted by Crippen LogP contribution is -2.22. The van der Waals surface area contributed by atoms with E-state index in [9.17, 15) is 13.6 Å². The molecule has 29 heavy (non-hydrogen) atoms. The van der Waals surface area contributed by atoms with Gasteiger partial charge in [-0.25, -0.2) is 9.97 Å². The summed E-state index contributed by atoms with van der Waals surface area (Å²) >= 11 is 1.21. The summed E-state index contributed by atoms with van der Waals surface area (Å²) in [6.45, 7) is 1.25. The van der Waals surface area contributed by atoms with Crippen LogP contribution in [0.4, 0.5) is 8.78 Å². The Kier molecular flexibility index (Phi) is 5.19. The second-order valence-electron chi connectivity index (χ2n) is 6.72. The summed E-state index contributed by atoms with van der Waals surface area (Å²) < 4.78 is 28.6. The van der Waals surface area contributed by atoms with Gasteiger partial charge in [-0.2, -0.15) is 8.78 Å². The first kappa shape index (κ1) is 19.3. The molecule has 0 fully saturated rings. The van der Waals surface area contributed by atoms with Gasteiger partial charge in [-0.05, 0) is 49.2 Å². The van der Waals surface area contributed by atoms with Crippen LogP contribution < -0.4 is 5.56 Å². The third-order valence-corrected chi connectivity index (χ3v) is 5.43. The van der Waals surface area contributed by atoms with Crippen LogP contribution in [0.3, 0.4) is 0 Å². The number of thioether (sulfide) groups is 1. The van der Waals surface area contributed by atoms with E-state index < -0.39 is 6.55 Å². The Morgan fingerprint density at radius 2 is 1.83 bits per heavy atom. The Morgan fingerprint density at radius 1 is 1.10 bits per heavy atom. The number of fused-ring (bicyclic) bond motifs is 1. The molecule has 4 aromatic rings. The van der Waals surface area contributed by atoms with Crippen molar-refractivity contribution in [1.82, 2.24) is 19.1 Å². The first-order valence-electron chi connectivity index (χ1n) is 8.97. The van der Waals surface area contributed by atoms with Gasteiger partial charge in [-0.3, -0.25) is 13.9 Å². The average Bonchev–Trinajstić information content (AvgIpc) is 3.14. The lowest BCUT2D eigenvalue weighted by molar-refractivity contribution is 0.0678. The van der Waals surface area contributed by atoms with E-state index in [1.54, 1.807) is 22.8 Å². The van der Waals surface area contributed by atoms with E-state index in [4.69, 9.17) is 0 Å². The highest BCUT2D eigenvalue weighted by Crippen LogP contribution is 2.26. The molecule has 0 amide bonds. The van der Waals surface area contributed by atoms with Crippen molar-refractivity contribution >= 4 is 22.7 Å². The van der Waals surface area contributed by atoms with Crippen molar-refractivity contribution < 1.29 is 8.78 Å². The normalized spacial score (nSPS) is 11.5. The summed E-state index contributed by atoms with van der Waals surface area (Å²) in [5, 5.41) is 0.938. The van der Waals surface area contributed by atoms with Crippen molar-refractivity contribution in [2.24, 2.45) is 0 Å². The van der Waals surface area contributed by atoms with E-state index in [0.29, 0.717) is 21.7 Å². The topological polar surface area (TPSA) is 52.7 Å². The molecule has 0 unspecified atom stereocenters. The zero-order valence-corrected chi connectivity index (χ0v) is 16.7. The number of para-hydroxylation sites is 1. The van der Waals surface area contributed by atoms with Gasteiger partial charge in [0.15, 0.2) is 5.16 Å². The monoisotopic (exact) mass is 412 g/mol. The molecule has 2 aromatic heterocycles. The highest BCUT2D eigenvalue weighted by atomic mass is 32.2. The van der Waals surface area contributed by atoms with Crippen molar-refractivity contribution in [3.63, 3.8) is 0 Å². The zero-order valence-electron chi connectivity index (χ0n) is 15.8. The first-order valence-corrected chi connectivity index (χ1v) is 9.96. The lowest BCUT2D eigenvalue weighted by Gasteiger charge is -2.14. The third kappa shape index (κ3) is 3.80. The average molecular weight is 412 g/mol. The molecule has 8 heteroatoms. The molecule has 5 nitrogen and oxygen atoms in total. The minimum atomic E-state index is -2.67. The molecule has 0 bridgehead atoms. The third-order valence-electron chi connectivity index (χ3n) is 4.50. The summed E-state index contributed by atoms with van der Waals surface area (Å²) in [7, 11) is 0. The quantitative estimate of drug-likeness (QED) is 0.346. The second kappa shape index (κ2) is 7.79. The maximum atomic E-state index is 13.3. The largest absolute Gasteiger partial charge is 0.319 e. The predicted octanol–water partition coefficient (Wildman–Crippen LogP) is 4.89. The van der Waals surface area contributed by atoms with Crippen LogP contribution in [-0.4, -0.2) is 19.1 Å². The molecule has 0 radical (unpaired) electrons. The smallest absolute Gasteiger partial charge is 0.277 e. The molecule has 0 saturated heterocycles. The van der Waals surface area contributed by atoms with Crippen molar-refractivity contribution in [3.05, 3.63) is 82.2 Å². The van der Waals surface area contributed by atoms with Crippen molar-refractivity contribution in [2.75, 3.05) is 0 Å². The first-order chi connectivity index (χ1) is 13.9. The number of imidazole rings is 1. The van der Waals surface area contributed by atoms with Crippen LogP contribution in [0.15, 0.2) is 64.8 Å². The highest BCUT2D eigenvalue weighted by molar-refractivity contribution is 7.98. The van der Waals surface area contributed by atoms with Crippen LogP contribution >= 0.6 is 11.8 Å². The van der Waals surface area contributed by atoms with Gasteiger partial charge in [-0.1, -0.05) is 30.0 Å². The number of rotatable bonds is 5. The Morgan fingerprint density at radius 3 is 2.55 bits per heavy atom. The SMILES string of the molecule is Cc1cc(C)cc(-n2c(SCc3nccn3C(F)F)nc3ccccc3c2=O)c1. The fraction of sp³-hybridized carbons (Fsp3) is 0.190. The van der Waals surface area contributed by atoms with Gasteiger partial charge < -0.3 is 0 Å². The summed E-state index contributed by atoms with van der Waals surface area (Å²) in [6, 6.07) is 13.0. The molecule has 0 aliphatic heterocycles. The highest BCUT2D eigenvalue weighted by Gasteiger charge is 2.17. The summed E-state index contributed by atoms with van der Waals surface area (Å²) in [4.78, 5) is 21.9. The summed E-state index contributed by atoms with van der Waals surface area (Å²) in [6.07, 6.45) is 2.58. The number of alkyl halides is 2. The van der Waals surface area contributed by atoms with E-state index >= 15 is 0 Å². The number of nitrogens with zero attached hydrogens (tertiary/aromatic N) is 4. The second-order valence-corrected chi connectivity index (χ2v) is 7.66. The maximum absolute atomic E-state index is 13.3. The minimum absolute atomic E-state index is 0.160. The van der Waals surface area contributed by atoms with Crippen LogP contribution in [0, 0.1) is 13.8 Å². The number of hydrogen-bond acceptors (Lipinski definition) is 4. The van der Waals surface area contributed by atoms with Gasteiger partial charge in [0.2, 0.25) is 0 Å². The van der Waals surface area contributed by atoms with Crippen LogP contribution in [0.1, 0.15) is 23.5 Å². The number of hydrogen-bond donors (Lipinski definition) is 0. The Labute approximate surface area is 170 Å². The summed E-state index contributed by atoms with van der Waals surface area (Å²) in [5.41, 5.74) is 3.11. The lowest BCUT2D eigenvalue weighted by atomic mass is 10.1. The van der Waals surface area contributed by atoms with Gasteiger partial charge in [0.05, 0.1) is 22.3 Å². The molecule has 0 atom stereocenters. The van der Waals surface area contributed by atoms with E-state index in [0.717, 1.165) is 15.7 Å². The van der Waals surface area contributed by atoms with Gasteiger partial charge in [0, 0.05) is 12.4 Å². The van der Waals surface area contributed by atoms with E-state index in [2.05, 4.69) is 9.97 Å². The summed E-state index contributed by atoms with van der Waals surface area (Å²) in [5.74, 6) is 0.381. The number of halogens is 2. The van der Waals surface area contributed by atoms with Crippen LogP contribution in [0.5, 0.6) is 0 Å². The fourth-order valence-electron chi connectivity index (χ4n) is 3.28. The van der Waals surface area contributed by atoms with Gasteiger partial charge in [0.1, 0.15) is 5.82 Å². The molecule has 0 N–H and O–H groups in total. The van der Waals surface area contributed by atoms with Gasteiger partial charge in [-0.15, -0.1) is 0 Å². The molecular formula is C21H18F2N4OS. The maximum Gasteiger partial charge on any atom is 0.319 e. The minimum Gasteiger partial charge on any atom is -0.277 e. The molecule has 0 aliphatic carbocycles. The predicted molar refractivity (Wildman–Crippen MR) is 110 cm³/mol. The number of aromatic nitrogens is 4. The molecule has 4 rings (SSSR count). The molecule has 0 spiro atoms. The molecule has 0 aliphatic rings. The van der Waals surface area contributed by atoms with Gasteiger partial charge >= 0.3 is 6.55 Å². The van der Waals surface area contributed by atoms with E-state index in [1.165, 1.54) is 24.2 Å². The van der Waals surface area contributed by atoms with Crippen LogP contribution in [-0.2, 0) is 5.75 Å². The van der Waals surface area contributed by atoms with Gasteiger partial charge in [0.25, 0.3) is 5.56 Å². The Balaban J connectivity index is 1.85. The molecular weight excluding hydrogens is 394 g/mol. The molecule has 2 aromatic carbocycles. The van der Waals surface area contributed by atoms with E-state index in [-0.39, 0.29) is 17.1 Å². The molecule has 148 valence electrons. The standard InChI is InChI=1S/C21H18F2N4OS/c1-13-9-14(2)11-15(10-13)27-19(28)16-5-3-4-6-17(16)25-21(27)29-12-18-24-7-8-26(18)20(22)23/h3-11,20H,12H2,1-2H3. The van der Waals surface area contributed by atoms with Crippen LogP contribution in [0.25, 0.3) is 16.6 Å². The zero-order chi connectivity index (χ0) is 20.5. The van der Waals surface area contributed by atoms with Crippen molar-refractivity contribution in [1.29, 1.82) is 0 Å². The molecule has 0 saturated carbocycles. The van der Waals surface area contributed by atoms with Crippen molar-refractivity contribution in [3.8, 4) is 5.69 Å².